The minimum absolute atomic E-state index is 0.141. The van der Waals surface area contributed by atoms with Crippen molar-refractivity contribution in [1.29, 1.82) is 0 Å². The summed E-state index contributed by atoms with van der Waals surface area (Å²) in [5, 5.41) is 9.98. The van der Waals surface area contributed by atoms with Gasteiger partial charge in [-0.05, 0) is 50.3 Å². The zero-order valence-corrected chi connectivity index (χ0v) is 19.9. The number of fused-ring (bicyclic) bond motifs is 1. The van der Waals surface area contributed by atoms with Crippen LogP contribution in [0.25, 0.3) is 0 Å². The first-order valence-corrected chi connectivity index (χ1v) is 12.4. The van der Waals surface area contributed by atoms with Gasteiger partial charge in [0.15, 0.2) is 0 Å². The molecule has 2 fully saturated rings. The van der Waals surface area contributed by atoms with Gasteiger partial charge in [-0.3, -0.25) is 9.69 Å². The van der Waals surface area contributed by atoms with E-state index in [-0.39, 0.29) is 48.5 Å². The Morgan fingerprint density at radius 2 is 1.82 bits per heavy atom. The number of rotatable bonds is 5. The maximum Gasteiger partial charge on any atom is 0.243 e. The molecule has 0 spiro atoms. The second kappa shape index (κ2) is 9.27. The number of amides is 1. The van der Waals surface area contributed by atoms with Crippen LogP contribution in [-0.2, 0) is 14.8 Å². The molecule has 0 aromatic heterocycles. The maximum absolute atomic E-state index is 13.3. The number of hydrogen-bond acceptors (Lipinski definition) is 5. The zero-order chi connectivity index (χ0) is 23.8. The lowest BCUT2D eigenvalue weighted by molar-refractivity contribution is -0.158. The highest BCUT2D eigenvalue weighted by Crippen LogP contribution is 2.43. The number of piperazine rings is 1. The minimum Gasteiger partial charge on any atom is -0.394 e. The average molecular weight is 468 g/mol. The van der Waals surface area contributed by atoms with Gasteiger partial charge in [0.1, 0.15) is 0 Å². The average Bonchev–Trinajstić information content (AvgIpc) is 2.76. The summed E-state index contributed by atoms with van der Waals surface area (Å²) in [6.45, 7) is 2.25. The Balaban J connectivity index is 1.58. The van der Waals surface area contributed by atoms with E-state index < -0.39 is 10.0 Å². The first kappa shape index (κ1) is 23.5. The molecule has 2 aliphatic heterocycles. The second-order valence-electron chi connectivity index (χ2n) is 8.87. The molecule has 2 aliphatic rings. The van der Waals surface area contributed by atoms with Gasteiger partial charge in [-0.2, -0.15) is 4.31 Å². The molecule has 4 rings (SSSR count). The summed E-state index contributed by atoms with van der Waals surface area (Å²) in [5.74, 6) is 5.81. The number of carbonyl (C=O) groups excluding carboxylic acids is 1. The molecule has 1 N–H and O–H groups in total. The Bertz CT molecular complexity index is 1200. The lowest BCUT2D eigenvalue weighted by Gasteiger charge is -2.58. The molecule has 33 heavy (non-hydrogen) atoms. The molecular formula is C25H29N3O4S. The van der Waals surface area contributed by atoms with Gasteiger partial charge in [-0.25, -0.2) is 8.42 Å². The standard InChI is InChI=1S/C25H29N3O4S/c1-18-7-4-5-9-23(18)33(31,32)27-15-21-25(22(17-29)28(21)24(30)16-27)20-12-10-19(11-13-20)8-6-14-26(2)3/h4-5,7,9-13,21-22,25,29H,14-17H2,1-3H3/t21-,22+,25+/m0/s1. The third-order valence-electron chi connectivity index (χ3n) is 6.36. The van der Waals surface area contributed by atoms with Crippen molar-refractivity contribution in [1.82, 2.24) is 14.1 Å². The number of aliphatic hydroxyl groups is 1. The van der Waals surface area contributed by atoms with Crippen LogP contribution in [0.4, 0.5) is 0 Å². The fraction of sp³-hybridized carbons (Fsp3) is 0.400. The number of hydrogen-bond donors (Lipinski definition) is 1. The summed E-state index contributed by atoms with van der Waals surface area (Å²) >= 11 is 0. The summed E-state index contributed by atoms with van der Waals surface area (Å²) in [7, 11) is 0.122. The molecule has 7 nitrogen and oxygen atoms in total. The van der Waals surface area contributed by atoms with Crippen LogP contribution in [0.3, 0.4) is 0 Å². The van der Waals surface area contributed by atoms with Crippen molar-refractivity contribution < 1.29 is 18.3 Å². The topological polar surface area (TPSA) is 81.2 Å². The van der Waals surface area contributed by atoms with Gasteiger partial charge in [0.05, 0.1) is 36.7 Å². The van der Waals surface area contributed by atoms with Crippen molar-refractivity contribution in [2.24, 2.45) is 0 Å². The van der Waals surface area contributed by atoms with E-state index in [4.69, 9.17) is 0 Å². The SMILES string of the molecule is Cc1ccccc1S(=O)(=O)N1CC(=O)N2[C@H](CO)[C@H](c3ccc(C#CCN(C)C)cc3)[C@@H]2C1. The molecule has 0 aliphatic carbocycles. The number of aliphatic hydroxyl groups excluding tert-OH is 1. The van der Waals surface area contributed by atoms with Crippen molar-refractivity contribution in [2.45, 2.75) is 29.8 Å². The number of carbonyl (C=O) groups is 1. The summed E-state index contributed by atoms with van der Waals surface area (Å²) in [6, 6.07) is 13.9. The molecule has 0 radical (unpaired) electrons. The van der Waals surface area contributed by atoms with Gasteiger partial charge in [0.25, 0.3) is 0 Å². The van der Waals surface area contributed by atoms with Gasteiger partial charge in [-0.15, -0.1) is 0 Å². The Hall–Kier alpha value is -2.70. The molecule has 2 heterocycles. The highest BCUT2D eigenvalue weighted by Gasteiger charge is 2.55. The molecular weight excluding hydrogens is 438 g/mol. The number of sulfonamides is 1. The number of aryl methyl sites for hydroxylation is 1. The van der Waals surface area contributed by atoms with E-state index in [0.29, 0.717) is 12.1 Å². The molecule has 2 aromatic rings. The van der Waals surface area contributed by atoms with Crippen molar-refractivity contribution >= 4 is 15.9 Å². The van der Waals surface area contributed by atoms with Crippen molar-refractivity contribution in [3.8, 4) is 11.8 Å². The van der Waals surface area contributed by atoms with E-state index in [1.807, 2.05) is 43.3 Å². The van der Waals surface area contributed by atoms with Gasteiger partial charge in [0.2, 0.25) is 15.9 Å². The quantitative estimate of drug-likeness (QED) is 0.670. The zero-order valence-electron chi connectivity index (χ0n) is 19.1. The molecule has 2 saturated heterocycles. The van der Waals surface area contributed by atoms with Crippen LogP contribution in [0, 0.1) is 18.8 Å². The Morgan fingerprint density at radius 1 is 1.12 bits per heavy atom. The van der Waals surface area contributed by atoms with E-state index in [1.165, 1.54) is 4.31 Å². The third-order valence-corrected chi connectivity index (χ3v) is 8.33. The molecule has 8 heteroatoms. The van der Waals surface area contributed by atoms with Crippen molar-refractivity contribution in [2.75, 3.05) is 40.3 Å². The van der Waals surface area contributed by atoms with Crippen LogP contribution in [0.5, 0.6) is 0 Å². The van der Waals surface area contributed by atoms with E-state index in [9.17, 15) is 18.3 Å². The van der Waals surface area contributed by atoms with Crippen molar-refractivity contribution in [3.05, 3.63) is 65.2 Å². The number of benzene rings is 2. The second-order valence-corrected chi connectivity index (χ2v) is 10.8. The summed E-state index contributed by atoms with van der Waals surface area (Å²) in [5.41, 5.74) is 2.51. The lowest BCUT2D eigenvalue weighted by atomic mass is 9.74. The van der Waals surface area contributed by atoms with E-state index >= 15 is 0 Å². The predicted octanol–water partition coefficient (Wildman–Crippen LogP) is 1.27. The van der Waals surface area contributed by atoms with Crippen LogP contribution in [-0.4, -0.2) is 86.0 Å². The molecule has 3 atom stereocenters. The Labute approximate surface area is 195 Å². The first-order chi connectivity index (χ1) is 15.7. The van der Waals surface area contributed by atoms with Gasteiger partial charge < -0.3 is 10.0 Å². The summed E-state index contributed by atoms with van der Waals surface area (Å²) in [4.78, 5) is 16.8. The third kappa shape index (κ3) is 4.42. The van der Waals surface area contributed by atoms with Crippen molar-refractivity contribution in [3.63, 3.8) is 0 Å². The summed E-state index contributed by atoms with van der Waals surface area (Å²) in [6.07, 6.45) is 0. The molecule has 0 bridgehead atoms. The summed E-state index contributed by atoms with van der Waals surface area (Å²) < 4.78 is 27.9. The predicted molar refractivity (Wildman–Crippen MR) is 126 cm³/mol. The minimum atomic E-state index is -3.80. The molecule has 0 unspecified atom stereocenters. The van der Waals surface area contributed by atoms with E-state index in [0.717, 1.165) is 11.1 Å². The van der Waals surface area contributed by atoms with Crippen LogP contribution in [0.15, 0.2) is 53.4 Å². The largest absolute Gasteiger partial charge is 0.394 e. The Kier molecular flexibility index (Phi) is 6.59. The molecule has 174 valence electrons. The van der Waals surface area contributed by atoms with Gasteiger partial charge in [-0.1, -0.05) is 42.2 Å². The molecule has 0 saturated carbocycles. The molecule has 1 amide bonds. The van der Waals surface area contributed by atoms with Crippen LogP contribution < -0.4 is 0 Å². The maximum atomic E-state index is 13.3. The van der Waals surface area contributed by atoms with E-state index in [1.54, 1.807) is 36.1 Å². The normalized spacial score (nSPS) is 23.0. The van der Waals surface area contributed by atoms with Crippen LogP contribution in [0.2, 0.25) is 0 Å². The highest BCUT2D eigenvalue weighted by molar-refractivity contribution is 7.89. The smallest absolute Gasteiger partial charge is 0.243 e. The lowest BCUT2D eigenvalue weighted by Crippen LogP contribution is -2.73. The van der Waals surface area contributed by atoms with Crippen LogP contribution >= 0.6 is 0 Å². The fourth-order valence-electron chi connectivity index (χ4n) is 4.73. The van der Waals surface area contributed by atoms with Crippen LogP contribution in [0.1, 0.15) is 22.6 Å². The highest BCUT2D eigenvalue weighted by atomic mass is 32.2. The van der Waals surface area contributed by atoms with Gasteiger partial charge >= 0.3 is 0 Å². The number of nitrogens with zero attached hydrogens (tertiary/aromatic N) is 3. The van der Waals surface area contributed by atoms with E-state index in [2.05, 4.69) is 11.8 Å². The fourth-order valence-corrected chi connectivity index (χ4v) is 6.36. The Morgan fingerprint density at radius 3 is 2.45 bits per heavy atom. The van der Waals surface area contributed by atoms with Gasteiger partial charge in [0, 0.05) is 18.0 Å². The molecule has 2 aromatic carbocycles. The monoisotopic (exact) mass is 467 g/mol. The first-order valence-electron chi connectivity index (χ1n) is 11.0.